The second kappa shape index (κ2) is 6.14. The molecule has 0 saturated heterocycles. The summed E-state index contributed by atoms with van der Waals surface area (Å²) in [6.07, 6.45) is 1.67. The van der Waals surface area contributed by atoms with E-state index in [9.17, 15) is 4.79 Å². The molecule has 0 atom stereocenters. The highest BCUT2D eigenvalue weighted by Gasteiger charge is 1.98. The summed E-state index contributed by atoms with van der Waals surface area (Å²) in [6.45, 7) is 3.99. The maximum atomic E-state index is 11.0. The number of nitrogens with zero attached hydrogens (tertiary/aromatic N) is 1. The Kier molecular flexibility index (Phi) is 4.81. The Morgan fingerprint density at radius 1 is 1.62 bits per heavy atom. The number of esters is 1. The van der Waals surface area contributed by atoms with Crippen molar-refractivity contribution in [1.29, 1.82) is 0 Å². The lowest BCUT2D eigenvalue weighted by molar-refractivity contribution is -0.141. The van der Waals surface area contributed by atoms with Gasteiger partial charge in [0.25, 0.3) is 0 Å². The van der Waals surface area contributed by atoms with Gasteiger partial charge in [-0.25, -0.2) is 4.98 Å². The summed E-state index contributed by atoms with van der Waals surface area (Å²) >= 11 is 5.77. The monoisotopic (exact) mass is 237 g/mol. The average molecular weight is 238 g/mol. The maximum Gasteiger partial charge on any atom is 0.317 e. The fourth-order valence-electron chi connectivity index (χ4n) is 1.06. The number of ether oxygens (including phenoxy) is 1. The Balaban J connectivity index is 2.63. The Labute approximate surface area is 99.8 Å². The fraction of sp³-hybridized carbons (Fsp3) is 0.333. The lowest BCUT2D eigenvalue weighted by Crippen LogP contribution is -2.01. The molecule has 4 heteroatoms. The van der Waals surface area contributed by atoms with Gasteiger partial charge < -0.3 is 4.74 Å². The smallest absolute Gasteiger partial charge is 0.317 e. The minimum atomic E-state index is -0.311. The first kappa shape index (κ1) is 12.5. The van der Waals surface area contributed by atoms with E-state index in [1.165, 1.54) is 0 Å². The molecule has 0 bridgehead atoms. The van der Waals surface area contributed by atoms with Gasteiger partial charge in [0.05, 0.1) is 6.61 Å². The van der Waals surface area contributed by atoms with Gasteiger partial charge >= 0.3 is 5.97 Å². The minimum Gasteiger partial charge on any atom is -0.465 e. The average Bonchev–Trinajstić information content (AvgIpc) is 2.24. The number of halogens is 1. The van der Waals surface area contributed by atoms with Crippen LogP contribution in [0.5, 0.6) is 0 Å². The van der Waals surface area contributed by atoms with Crippen molar-refractivity contribution in [3.8, 4) is 11.8 Å². The molecule has 0 fully saturated rings. The summed E-state index contributed by atoms with van der Waals surface area (Å²) in [6, 6.07) is 1.83. The van der Waals surface area contributed by atoms with E-state index >= 15 is 0 Å². The van der Waals surface area contributed by atoms with E-state index in [0.717, 1.165) is 11.1 Å². The van der Waals surface area contributed by atoms with Crippen molar-refractivity contribution in [3.63, 3.8) is 0 Å². The van der Waals surface area contributed by atoms with Crippen LogP contribution in [0.3, 0.4) is 0 Å². The van der Waals surface area contributed by atoms with Gasteiger partial charge in [-0.3, -0.25) is 4.79 Å². The Bertz CT molecular complexity index is 446. The molecule has 0 aromatic carbocycles. The third kappa shape index (κ3) is 3.92. The van der Waals surface area contributed by atoms with Gasteiger partial charge in [-0.2, -0.15) is 0 Å². The Morgan fingerprint density at radius 2 is 2.38 bits per heavy atom. The van der Waals surface area contributed by atoms with Crippen LogP contribution in [-0.2, 0) is 9.53 Å². The van der Waals surface area contributed by atoms with Gasteiger partial charge in [0.15, 0.2) is 0 Å². The van der Waals surface area contributed by atoms with Gasteiger partial charge in [0.2, 0.25) is 0 Å². The Morgan fingerprint density at radius 3 is 3.00 bits per heavy atom. The first-order valence-electron chi connectivity index (χ1n) is 4.90. The van der Waals surface area contributed by atoms with Crippen LogP contribution in [0.1, 0.15) is 24.5 Å². The van der Waals surface area contributed by atoms with Crippen molar-refractivity contribution < 1.29 is 9.53 Å². The molecule has 1 aromatic rings. The van der Waals surface area contributed by atoms with E-state index in [1.807, 2.05) is 13.0 Å². The fourth-order valence-corrected chi connectivity index (χ4v) is 1.16. The SMILES string of the molecule is CCOC(=O)CC#Cc1cnc(Cl)c(C)c1. The number of rotatable bonds is 2. The molecule has 1 heterocycles. The minimum absolute atomic E-state index is 0.0928. The molecule has 0 saturated carbocycles. The number of aromatic nitrogens is 1. The van der Waals surface area contributed by atoms with Gasteiger partial charge in [-0.1, -0.05) is 23.4 Å². The van der Waals surface area contributed by atoms with Crippen LogP contribution in [0.2, 0.25) is 5.15 Å². The summed E-state index contributed by atoms with van der Waals surface area (Å²) < 4.78 is 4.74. The van der Waals surface area contributed by atoms with Crippen LogP contribution in [0, 0.1) is 18.8 Å². The summed E-state index contributed by atoms with van der Waals surface area (Å²) in [5, 5.41) is 0.468. The van der Waals surface area contributed by atoms with Crippen LogP contribution >= 0.6 is 11.6 Å². The molecule has 0 unspecified atom stereocenters. The second-order valence-corrected chi connectivity index (χ2v) is 3.47. The maximum absolute atomic E-state index is 11.0. The molecule has 0 aliphatic rings. The van der Waals surface area contributed by atoms with Crippen molar-refractivity contribution in [2.24, 2.45) is 0 Å². The first-order valence-corrected chi connectivity index (χ1v) is 5.28. The molecule has 1 rings (SSSR count). The van der Waals surface area contributed by atoms with Crippen molar-refractivity contribution >= 4 is 17.6 Å². The third-order valence-corrected chi connectivity index (χ3v) is 2.18. The number of hydrogen-bond donors (Lipinski definition) is 0. The zero-order valence-electron chi connectivity index (χ0n) is 9.21. The molecule has 0 aliphatic heterocycles. The molecule has 16 heavy (non-hydrogen) atoms. The lowest BCUT2D eigenvalue weighted by Gasteiger charge is -1.96. The predicted octanol–water partition coefficient (Wildman–Crippen LogP) is 2.35. The number of carbonyl (C=O) groups excluding carboxylic acids is 1. The highest BCUT2D eigenvalue weighted by Crippen LogP contribution is 2.11. The van der Waals surface area contributed by atoms with E-state index in [0.29, 0.717) is 11.8 Å². The number of aryl methyl sites for hydroxylation is 1. The molecule has 0 spiro atoms. The van der Waals surface area contributed by atoms with Crippen LogP contribution in [0.4, 0.5) is 0 Å². The Hall–Kier alpha value is -1.53. The third-order valence-electron chi connectivity index (χ3n) is 1.79. The number of hydrogen-bond acceptors (Lipinski definition) is 3. The largest absolute Gasteiger partial charge is 0.465 e. The van der Waals surface area contributed by atoms with E-state index in [4.69, 9.17) is 16.3 Å². The summed E-state index contributed by atoms with van der Waals surface area (Å²) in [7, 11) is 0. The van der Waals surface area contributed by atoms with E-state index in [-0.39, 0.29) is 12.4 Å². The summed E-state index contributed by atoms with van der Waals surface area (Å²) in [5.41, 5.74) is 1.61. The highest BCUT2D eigenvalue weighted by atomic mass is 35.5. The lowest BCUT2D eigenvalue weighted by atomic mass is 10.2. The van der Waals surface area contributed by atoms with Gasteiger partial charge in [0, 0.05) is 11.8 Å². The molecular weight excluding hydrogens is 226 g/mol. The van der Waals surface area contributed by atoms with Crippen LogP contribution in [0.25, 0.3) is 0 Å². The highest BCUT2D eigenvalue weighted by molar-refractivity contribution is 6.30. The van der Waals surface area contributed by atoms with E-state index in [2.05, 4.69) is 16.8 Å². The van der Waals surface area contributed by atoms with Crippen LogP contribution in [0.15, 0.2) is 12.3 Å². The molecular formula is C12H12ClNO2. The summed E-state index contributed by atoms with van der Waals surface area (Å²) in [5.74, 6) is 5.24. The zero-order valence-corrected chi connectivity index (χ0v) is 9.97. The van der Waals surface area contributed by atoms with Crippen molar-refractivity contribution in [2.75, 3.05) is 6.61 Å². The first-order chi connectivity index (χ1) is 7.63. The van der Waals surface area contributed by atoms with Crippen molar-refractivity contribution in [1.82, 2.24) is 4.98 Å². The second-order valence-electron chi connectivity index (χ2n) is 3.12. The number of carbonyl (C=O) groups is 1. The molecule has 84 valence electrons. The van der Waals surface area contributed by atoms with Gasteiger partial charge in [-0.15, -0.1) is 0 Å². The number of pyridine rings is 1. The van der Waals surface area contributed by atoms with E-state index < -0.39 is 0 Å². The predicted molar refractivity (Wildman–Crippen MR) is 62.1 cm³/mol. The van der Waals surface area contributed by atoms with E-state index in [1.54, 1.807) is 13.1 Å². The summed E-state index contributed by atoms with van der Waals surface area (Å²) in [4.78, 5) is 15.0. The van der Waals surface area contributed by atoms with Crippen molar-refractivity contribution in [2.45, 2.75) is 20.3 Å². The molecule has 0 radical (unpaired) electrons. The molecule has 0 N–H and O–H groups in total. The normalized spacial score (nSPS) is 9.19. The standard InChI is InChI=1S/C12H12ClNO2/c1-3-16-11(15)6-4-5-10-7-9(2)12(13)14-8-10/h7-8H,3,6H2,1-2H3. The topological polar surface area (TPSA) is 39.2 Å². The van der Waals surface area contributed by atoms with Crippen LogP contribution in [-0.4, -0.2) is 17.6 Å². The van der Waals surface area contributed by atoms with Crippen molar-refractivity contribution in [3.05, 3.63) is 28.5 Å². The quantitative estimate of drug-likeness (QED) is 0.450. The zero-order chi connectivity index (χ0) is 12.0. The van der Waals surface area contributed by atoms with Gasteiger partial charge in [0.1, 0.15) is 11.6 Å². The molecule has 0 aliphatic carbocycles. The molecule has 0 amide bonds. The van der Waals surface area contributed by atoms with Gasteiger partial charge in [-0.05, 0) is 25.5 Å². The van der Waals surface area contributed by atoms with Crippen LogP contribution < -0.4 is 0 Å². The molecule has 1 aromatic heterocycles. The molecule has 3 nitrogen and oxygen atoms in total.